The first-order chi connectivity index (χ1) is 23.3. The average molecular weight is 602 g/mol. The second-order valence-corrected chi connectivity index (χ2v) is 11.6. The molecule has 47 heavy (non-hydrogen) atoms. The summed E-state index contributed by atoms with van der Waals surface area (Å²) in [7, 11) is 0. The summed E-state index contributed by atoms with van der Waals surface area (Å²) in [5.74, 6) is 0.695. The molecule has 0 amide bonds. The van der Waals surface area contributed by atoms with Crippen LogP contribution in [0.3, 0.4) is 0 Å². The molecule has 0 bridgehead atoms. The van der Waals surface area contributed by atoms with E-state index in [0.717, 1.165) is 66.5 Å². The lowest BCUT2D eigenvalue weighted by Crippen LogP contribution is -1.96. The lowest BCUT2D eigenvalue weighted by Gasteiger charge is -2.12. The first-order valence-electron chi connectivity index (χ1n) is 15.7. The molecule has 0 saturated heterocycles. The predicted octanol–water partition coefficient (Wildman–Crippen LogP) is 11.3. The molecule has 0 unspecified atom stereocenters. The Bertz CT molecular complexity index is 2540. The van der Waals surface area contributed by atoms with Gasteiger partial charge in [0.05, 0.1) is 22.3 Å². The van der Waals surface area contributed by atoms with Gasteiger partial charge in [0.15, 0.2) is 5.82 Å². The third-order valence-corrected chi connectivity index (χ3v) is 8.74. The Morgan fingerprint density at radius 1 is 0.383 bits per heavy atom. The van der Waals surface area contributed by atoms with Gasteiger partial charge >= 0.3 is 0 Å². The molecule has 0 fully saturated rings. The average Bonchev–Trinajstić information content (AvgIpc) is 3.52. The summed E-state index contributed by atoms with van der Waals surface area (Å²) in [5, 5.41) is 3.18. The van der Waals surface area contributed by atoms with Gasteiger partial charge in [-0.05, 0) is 34.9 Å². The van der Waals surface area contributed by atoms with E-state index in [2.05, 4.69) is 109 Å². The molecule has 220 valence electrons. The molecule has 0 spiro atoms. The fraction of sp³-hybridized carbons (Fsp3) is 0. The smallest absolute Gasteiger partial charge is 0.228 e. The Labute approximate surface area is 271 Å². The zero-order valence-corrected chi connectivity index (χ0v) is 25.3. The van der Waals surface area contributed by atoms with Crippen molar-refractivity contribution in [3.63, 3.8) is 0 Å². The highest BCUT2D eigenvalue weighted by Crippen LogP contribution is 2.41. The SMILES string of the molecule is c1ccc(-c2ccc(-c3cc(-c4ccc(-c5c6ccccc6nc6oc7ccccc7c56)cc4)nc(-c4ccccc4)n3)cc2)cc1. The molecule has 9 rings (SSSR count). The molecule has 4 nitrogen and oxygen atoms in total. The quantitative estimate of drug-likeness (QED) is 0.197. The van der Waals surface area contributed by atoms with Crippen LogP contribution in [0.1, 0.15) is 0 Å². The van der Waals surface area contributed by atoms with Gasteiger partial charge in [-0.15, -0.1) is 0 Å². The number of benzene rings is 6. The minimum Gasteiger partial charge on any atom is -0.438 e. The van der Waals surface area contributed by atoms with Gasteiger partial charge in [0.2, 0.25) is 5.71 Å². The fourth-order valence-electron chi connectivity index (χ4n) is 6.41. The molecule has 0 saturated carbocycles. The predicted molar refractivity (Wildman–Crippen MR) is 192 cm³/mol. The molecule has 0 radical (unpaired) electrons. The molecular weight excluding hydrogens is 574 g/mol. The molecule has 0 aliphatic rings. The molecule has 6 aromatic carbocycles. The van der Waals surface area contributed by atoms with Crippen LogP contribution in [0.15, 0.2) is 168 Å². The number of nitrogens with zero attached hydrogens (tertiary/aromatic N) is 3. The maximum Gasteiger partial charge on any atom is 0.228 e. The van der Waals surface area contributed by atoms with Crippen molar-refractivity contribution in [3.8, 4) is 56.2 Å². The van der Waals surface area contributed by atoms with Crippen LogP contribution in [-0.2, 0) is 0 Å². The molecule has 3 heterocycles. The number of pyridine rings is 1. The van der Waals surface area contributed by atoms with Gasteiger partial charge in [-0.3, -0.25) is 0 Å². The van der Waals surface area contributed by atoms with Crippen molar-refractivity contribution in [1.82, 2.24) is 15.0 Å². The summed E-state index contributed by atoms with van der Waals surface area (Å²) in [6, 6.07) is 56.3. The Hall–Kier alpha value is -6.39. The first kappa shape index (κ1) is 27.0. The highest BCUT2D eigenvalue weighted by atomic mass is 16.3. The second-order valence-electron chi connectivity index (χ2n) is 11.6. The highest BCUT2D eigenvalue weighted by molar-refractivity contribution is 6.18. The van der Waals surface area contributed by atoms with E-state index >= 15 is 0 Å². The standard InChI is InChI=1S/C43H27N3O/c1-3-11-28(12-4-1)29-19-21-30(22-20-29)37-27-38(45-42(44-37)33-13-5-2-6-14-33)31-23-25-32(26-24-31)40-34-15-7-9-17-36(34)46-43-41(40)35-16-8-10-18-39(35)47-43/h1-27H. The molecule has 0 atom stereocenters. The van der Waals surface area contributed by atoms with Gasteiger partial charge in [-0.1, -0.05) is 146 Å². The van der Waals surface area contributed by atoms with Crippen LogP contribution in [-0.4, -0.2) is 15.0 Å². The van der Waals surface area contributed by atoms with E-state index in [1.165, 1.54) is 11.1 Å². The van der Waals surface area contributed by atoms with E-state index in [4.69, 9.17) is 19.4 Å². The fourth-order valence-corrected chi connectivity index (χ4v) is 6.41. The van der Waals surface area contributed by atoms with Crippen LogP contribution in [0, 0.1) is 0 Å². The maximum atomic E-state index is 6.23. The van der Waals surface area contributed by atoms with Gasteiger partial charge < -0.3 is 4.42 Å². The van der Waals surface area contributed by atoms with Crippen molar-refractivity contribution in [2.45, 2.75) is 0 Å². The third kappa shape index (κ3) is 4.84. The van der Waals surface area contributed by atoms with Crippen LogP contribution >= 0.6 is 0 Å². The van der Waals surface area contributed by atoms with E-state index in [9.17, 15) is 0 Å². The lowest BCUT2D eigenvalue weighted by molar-refractivity contribution is 0.656. The number of fused-ring (bicyclic) bond motifs is 4. The van der Waals surface area contributed by atoms with E-state index < -0.39 is 0 Å². The summed E-state index contributed by atoms with van der Waals surface area (Å²) in [5.41, 5.74) is 11.7. The van der Waals surface area contributed by atoms with Crippen LogP contribution in [0.2, 0.25) is 0 Å². The Morgan fingerprint density at radius 2 is 0.894 bits per heavy atom. The molecule has 3 aromatic heterocycles. The summed E-state index contributed by atoms with van der Waals surface area (Å²) >= 11 is 0. The number of hydrogen-bond donors (Lipinski definition) is 0. The Morgan fingerprint density at radius 3 is 1.57 bits per heavy atom. The lowest BCUT2D eigenvalue weighted by atomic mass is 9.95. The topological polar surface area (TPSA) is 51.8 Å². The minimum absolute atomic E-state index is 0.648. The van der Waals surface area contributed by atoms with E-state index in [-0.39, 0.29) is 0 Å². The third-order valence-electron chi connectivity index (χ3n) is 8.74. The normalized spacial score (nSPS) is 11.4. The zero-order valence-electron chi connectivity index (χ0n) is 25.3. The Kier molecular flexibility index (Phi) is 6.43. The number of hydrogen-bond acceptors (Lipinski definition) is 4. The van der Waals surface area contributed by atoms with Crippen molar-refractivity contribution in [1.29, 1.82) is 0 Å². The van der Waals surface area contributed by atoms with Crippen molar-refractivity contribution in [3.05, 3.63) is 164 Å². The first-order valence-corrected chi connectivity index (χ1v) is 15.7. The van der Waals surface area contributed by atoms with Crippen molar-refractivity contribution >= 4 is 33.0 Å². The van der Waals surface area contributed by atoms with E-state index in [1.54, 1.807) is 0 Å². The summed E-state index contributed by atoms with van der Waals surface area (Å²) in [4.78, 5) is 15.0. The monoisotopic (exact) mass is 601 g/mol. The van der Waals surface area contributed by atoms with Gasteiger partial charge in [0.25, 0.3) is 0 Å². The van der Waals surface area contributed by atoms with Crippen LogP contribution in [0.4, 0.5) is 0 Å². The molecule has 9 aromatic rings. The summed E-state index contributed by atoms with van der Waals surface area (Å²) in [6.07, 6.45) is 0. The number of rotatable bonds is 5. The van der Waals surface area contributed by atoms with Crippen molar-refractivity contribution in [2.75, 3.05) is 0 Å². The minimum atomic E-state index is 0.648. The number of para-hydroxylation sites is 2. The van der Waals surface area contributed by atoms with Crippen LogP contribution in [0.25, 0.3) is 89.1 Å². The van der Waals surface area contributed by atoms with Gasteiger partial charge in [0, 0.05) is 33.0 Å². The Balaban J connectivity index is 1.17. The molecule has 0 aliphatic heterocycles. The summed E-state index contributed by atoms with van der Waals surface area (Å²) < 4.78 is 6.23. The molecular formula is C43H27N3O. The highest BCUT2D eigenvalue weighted by Gasteiger charge is 2.18. The summed E-state index contributed by atoms with van der Waals surface area (Å²) in [6.45, 7) is 0. The van der Waals surface area contributed by atoms with Crippen LogP contribution < -0.4 is 0 Å². The van der Waals surface area contributed by atoms with Gasteiger partial charge in [-0.25, -0.2) is 15.0 Å². The zero-order chi connectivity index (χ0) is 31.2. The second kappa shape index (κ2) is 11.2. The van der Waals surface area contributed by atoms with Crippen molar-refractivity contribution < 1.29 is 4.42 Å². The van der Waals surface area contributed by atoms with Crippen LogP contribution in [0.5, 0.6) is 0 Å². The molecule has 0 N–H and O–H groups in total. The largest absolute Gasteiger partial charge is 0.438 e. The number of furan rings is 1. The maximum absolute atomic E-state index is 6.23. The van der Waals surface area contributed by atoms with E-state index in [0.29, 0.717) is 11.5 Å². The van der Waals surface area contributed by atoms with Gasteiger partial charge in [-0.2, -0.15) is 0 Å². The van der Waals surface area contributed by atoms with Gasteiger partial charge in [0.1, 0.15) is 5.58 Å². The van der Waals surface area contributed by atoms with Crippen molar-refractivity contribution in [2.24, 2.45) is 0 Å². The molecule has 0 aliphatic carbocycles. The molecule has 4 heteroatoms. The number of aromatic nitrogens is 3. The van der Waals surface area contributed by atoms with E-state index in [1.807, 2.05) is 54.6 Å².